The highest BCUT2D eigenvalue weighted by Crippen LogP contribution is 2.08. The highest BCUT2D eigenvalue weighted by Gasteiger charge is 1.90. The predicted octanol–water partition coefficient (Wildman–Crippen LogP) is 4.19. The van der Waals surface area contributed by atoms with Gasteiger partial charge in [-0.05, 0) is 11.1 Å². The van der Waals surface area contributed by atoms with Gasteiger partial charge in [0, 0.05) is 11.8 Å². The fraction of sp³-hybridized carbons (Fsp3) is 0.400. The molecule has 0 aromatic heterocycles. The number of rotatable bonds is 2. The Bertz CT molecular complexity index is 168. The first-order valence-electron chi connectivity index (χ1n) is 4.06. The molecule has 0 amide bonds. The van der Waals surface area contributed by atoms with Crippen molar-refractivity contribution in [2.75, 3.05) is 0 Å². The Balaban J connectivity index is 0.000000561. The van der Waals surface area contributed by atoms with Crippen LogP contribution in [-0.2, 0) is 11.8 Å². The number of halogens is 2. The Morgan fingerprint density at radius 2 is 1.08 bits per heavy atom. The molecule has 0 fully saturated rings. The summed E-state index contributed by atoms with van der Waals surface area (Å²) in [7, 11) is 0. The lowest BCUT2D eigenvalue weighted by molar-refractivity contribution is 1.33. The van der Waals surface area contributed by atoms with E-state index in [1.807, 2.05) is 38.1 Å². The monoisotopic (exact) mass is 204 g/mol. The van der Waals surface area contributed by atoms with E-state index in [1.54, 1.807) is 0 Å². The molecule has 0 aliphatic carbocycles. The average Bonchev–Trinajstić information content (AvgIpc) is 2.21. The number of alkyl halides is 2. The first kappa shape index (κ1) is 11.8. The van der Waals surface area contributed by atoms with Crippen LogP contribution in [0.2, 0.25) is 0 Å². The molecule has 0 spiro atoms. The maximum atomic E-state index is 5.59. The van der Waals surface area contributed by atoms with Gasteiger partial charge >= 0.3 is 0 Å². The molecule has 1 rings (SSSR count). The van der Waals surface area contributed by atoms with Crippen LogP contribution in [0.1, 0.15) is 25.0 Å². The Labute approximate surface area is 84.5 Å². The summed E-state index contributed by atoms with van der Waals surface area (Å²) in [5, 5.41) is 0. The Morgan fingerprint density at radius 1 is 0.833 bits per heavy atom. The topological polar surface area (TPSA) is 0 Å². The molecule has 0 aliphatic rings. The molecule has 0 radical (unpaired) electrons. The average molecular weight is 205 g/mol. The van der Waals surface area contributed by atoms with Crippen molar-refractivity contribution in [1.29, 1.82) is 0 Å². The van der Waals surface area contributed by atoms with Crippen LogP contribution in [0.5, 0.6) is 0 Å². The summed E-state index contributed by atoms with van der Waals surface area (Å²) in [5.74, 6) is 1.14. The van der Waals surface area contributed by atoms with Crippen LogP contribution in [-0.4, -0.2) is 0 Å². The molecule has 0 heterocycles. The smallest absolute Gasteiger partial charge is 0.0474 e. The molecule has 0 saturated carbocycles. The standard InChI is InChI=1S/C8H8Cl2.C2H6/c9-5-7-1-2-8(6-10)4-3-7;1-2/h1-4H,5-6H2;1-2H3. The van der Waals surface area contributed by atoms with Crippen molar-refractivity contribution in [3.63, 3.8) is 0 Å². The zero-order valence-electron chi connectivity index (χ0n) is 7.48. The lowest BCUT2D eigenvalue weighted by Crippen LogP contribution is -1.79. The van der Waals surface area contributed by atoms with Crippen LogP contribution in [0.3, 0.4) is 0 Å². The van der Waals surface area contributed by atoms with E-state index in [9.17, 15) is 0 Å². The van der Waals surface area contributed by atoms with Crippen molar-refractivity contribution in [3.05, 3.63) is 35.4 Å². The number of hydrogen-bond donors (Lipinski definition) is 0. The van der Waals surface area contributed by atoms with Crippen molar-refractivity contribution < 1.29 is 0 Å². The van der Waals surface area contributed by atoms with E-state index in [1.165, 1.54) is 0 Å². The minimum absolute atomic E-state index is 0.572. The largest absolute Gasteiger partial charge is 0.122 e. The molecule has 0 aliphatic heterocycles. The van der Waals surface area contributed by atoms with Gasteiger partial charge in [0.15, 0.2) is 0 Å². The van der Waals surface area contributed by atoms with Gasteiger partial charge in [0.05, 0.1) is 0 Å². The second-order valence-electron chi connectivity index (χ2n) is 2.08. The van der Waals surface area contributed by atoms with Crippen LogP contribution in [0, 0.1) is 0 Å². The van der Waals surface area contributed by atoms with Gasteiger partial charge in [0.2, 0.25) is 0 Å². The quantitative estimate of drug-likeness (QED) is 0.635. The minimum Gasteiger partial charge on any atom is -0.122 e. The summed E-state index contributed by atoms with van der Waals surface area (Å²) < 4.78 is 0. The van der Waals surface area contributed by atoms with Crippen LogP contribution < -0.4 is 0 Å². The third kappa shape index (κ3) is 3.99. The molecule has 0 bridgehead atoms. The normalized spacial score (nSPS) is 8.67. The number of hydrogen-bond acceptors (Lipinski definition) is 0. The minimum atomic E-state index is 0.572. The third-order valence-electron chi connectivity index (χ3n) is 1.33. The summed E-state index contributed by atoms with van der Waals surface area (Å²) >= 11 is 11.2. The van der Waals surface area contributed by atoms with Gasteiger partial charge in [-0.25, -0.2) is 0 Å². The van der Waals surface area contributed by atoms with Gasteiger partial charge in [-0.3, -0.25) is 0 Å². The van der Waals surface area contributed by atoms with Gasteiger partial charge in [0.1, 0.15) is 0 Å². The number of benzene rings is 1. The second-order valence-corrected chi connectivity index (χ2v) is 2.62. The van der Waals surface area contributed by atoms with Crippen molar-refractivity contribution in [3.8, 4) is 0 Å². The fourth-order valence-corrected chi connectivity index (χ4v) is 1.07. The van der Waals surface area contributed by atoms with E-state index in [2.05, 4.69) is 0 Å². The van der Waals surface area contributed by atoms with E-state index in [-0.39, 0.29) is 0 Å². The van der Waals surface area contributed by atoms with E-state index < -0.39 is 0 Å². The molecule has 68 valence electrons. The van der Waals surface area contributed by atoms with Crippen LogP contribution in [0.15, 0.2) is 24.3 Å². The molecule has 0 unspecified atom stereocenters. The lowest BCUT2D eigenvalue weighted by Gasteiger charge is -1.95. The van der Waals surface area contributed by atoms with Crippen molar-refractivity contribution in [1.82, 2.24) is 0 Å². The SMILES string of the molecule is CC.ClCc1ccc(CCl)cc1. The molecule has 0 atom stereocenters. The summed E-state index contributed by atoms with van der Waals surface area (Å²) in [6.45, 7) is 4.00. The highest BCUT2D eigenvalue weighted by atomic mass is 35.5. The summed E-state index contributed by atoms with van der Waals surface area (Å²) in [4.78, 5) is 0. The molecule has 0 saturated heterocycles. The molecule has 0 nitrogen and oxygen atoms in total. The summed E-state index contributed by atoms with van der Waals surface area (Å²) in [6, 6.07) is 7.96. The van der Waals surface area contributed by atoms with Gasteiger partial charge < -0.3 is 0 Å². The van der Waals surface area contributed by atoms with Crippen molar-refractivity contribution in [2.24, 2.45) is 0 Å². The Morgan fingerprint density at radius 3 is 1.25 bits per heavy atom. The molecule has 12 heavy (non-hydrogen) atoms. The highest BCUT2D eigenvalue weighted by molar-refractivity contribution is 6.17. The molecular formula is C10H14Cl2. The first-order chi connectivity index (χ1) is 5.86. The lowest BCUT2D eigenvalue weighted by atomic mass is 10.2. The van der Waals surface area contributed by atoms with Crippen molar-refractivity contribution in [2.45, 2.75) is 25.6 Å². The zero-order valence-corrected chi connectivity index (χ0v) is 8.99. The summed E-state index contributed by atoms with van der Waals surface area (Å²) in [5.41, 5.74) is 2.27. The Hall–Kier alpha value is -0.200. The van der Waals surface area contributed by atoms with Crippen LogP contribution in [0.25, 0.3) is 0 Å². The maximum Gasteiger partial charge on any atom is 0.0474 e. The maximum absolute atomic E-state index is 5.59. The van der Waals surface area contributed by atoms with E-state index in [0.717, 1.165) is 11.1 Å². The van der Waals surface area contributed by atoms with E-state index >= 15 is 0 Å². The van der Waals surface area contributed by atoms with E-state index in [4.69, 9.17) is 23.2 Å². The zero-order chi connectivity index (χ0) is 9.40. The summed E-state index contributed by atoms with van der Waals surface area (Å²) in [6.07, 6.45) is 0. The van der Waals surface area contributed by atoms with Gasteiger partial charge in [-0.2, -0.15) is 0 Å². The van der Waals surface area contributed by atoms with Crippen LogP contribution >= 0.6 is 23.2 Å². The van der Waals surface area contributed by atoms with E-state index in [0.29, 0.717) is 11.8 Å². The molecular weight excluding hydrogens is 191 g/mol. The van der Waals surface area contributed by atoms with Gasteiger partial charge in [-0.1, -0.05) is 38.1 Å². The molecule has 1 aromatic carbocycles. The first-order valence-corrected chi connectivity index (χ1v) is 5.13. The van der Waals surface area contributed by atoms with Crippen LogP contribution in [0.4, 0.5) is 0 Å². The predicted molar refractivity (Wildman–Crippen MR) is 56.9 cm³/mol. The Kier molecular flexibility index (Phi) is 7.33. The van der Waals surface area contributed by atoms with Crippen molar-refractivity contribution >= 4 is 23.2 Å². The fourth-order valence-electron chi connectivity index (χ4n) is 0.717. The second kappa shape index (κ2) is 7.45. The molecule has 2 heteroatoms. The van der Waals surface area contributed by atoms with Gasteiger partial charge in [-0.15, -0.1) is 23.2 Å². The van der Waals surface area contributed by atoms with Gasteiger partial charge in [0.25, 0.3) is 0 Å². The third-order valence-corrected chi connectivity index (χ3v) is 1.95. The molecule has 0 N–H and O–H groups in total. The molecule has 1 aromatic rings.